The zero-order chi connectivity index (χ0) is 13.7. The number of hydrogen-bond acceptors (Lipinski definition) is 3. The monoisotopic (exact) mass is 262 g/mol. The second-order valence-corrected chi connectivity index (χ2v) is 4.99. The van der Waals surface area contributed by atoms with Gasteiger partial charge in [-0.2, -0.15) is 0 Å². The predicted molar refractivity (Wildman–Crippen MR) is 73.7 cm³/mol. The highest BCUT2D eigenvalue weighted by atomic mass is 16.5. The third-order valence-electron chi connectivity index (χ3n) is 3.75. The first kappa shape index (κ1) is 14.1. The molecule has 0 aromatic heterocycles. The van der Waals surface area contributed by atoms with E-state index in [4.69, 9.17) is 9.47 Å². The number of ether oxygens (including phenoxy) is 2. The SMILES string of the molecule is CCOC(=O)C[C@@H]1O[C@H](c2ccccc2)C[C@H]1CC. The quantitative estimate of drug-likeness (QED) is 0.762. The van der Waals surface area contributed by atoms with Gasteiger partial charge in [0.1, 0.15) is 0 Å². The Morgan fingerprint density at radius 3 is 2.68 bits per heavy atom. The lowest BCUT2D eigenvalue weighted by atomic mass is 9.93. The van der Waals surface area contributed by atoms with E-state index in [0.29, 0.717) is 18.9 Å². The van der Waals surface area contributed by atoms with Crippen molar-refractivity contribution in [3.05, 3.63) is 35.9 Å². The number of carbonyl (C=O) groups is 1. The van der Waals surface area contributed by atoms with Crippen LogP contribution in [0, 0.1) is 5.92 Å². The van der Waals surface area contributed by atoms with Crippen LogP contribution in [-0.4, -0.2) is 18.7 Å². The van der Waals surface area contributed by atoms with Gasteiger partial charge >= 0.3 is 5.97 Å². The molecule has 0 spiro atoms. The standard InChI is InChI=1S/C16H22O3/c1-3-12-10-14(13-8-6-5-7-9-13)19-15(12)11-16(17)18-4-2/h5-9,12,14-15H,3-4,10-11H2,1-2H3/t12-,14+,15+/m1/s1. The van der Waals surface area contributed by atoms with Gasteiger partial charge in [-0.15, -0.1) is 0 Å². The molecular weight excluding hydrogens is 240 g/mol. The second kappa shape index (κ2) is 6.71. The molecule has 0 saturated carbocycles. The van der Waals surface area contributed by atoms with Crippen molar-refractivity contribution in [2.24, 2.45) is 5.92 Å². The molecule has 19 heavy (non-hydrogen) atoms. The average Bonchev–Trinajstić information content (AvgIpc) is 2.83. The summed E-state index contributed by atoms with van der Waals surface area (Å²) < 4.78 is 11.1. The van der Waals surface area contributed by atoms with Crippen LogP contribution in [0.2, 0.25) is 0 Å². The van der Waals surface area contributed by atoms with E-state index in [-0.39, 0.29) is 18.2 Å². The lowest BCUT2D eigenvalue weighted by Gasteiger charge is -2.16. The lowest BCUT2D eigenvalue weighted by molar-refractivity contribution is -0.146. The normalized spacial score (nSPS) is 26.3. The van der Waals surface area contributed by atoms with Gasteiger partial charge in [-0.3, -0.25) is 4.79 Å². The summed E-state index contributed by atoms with van der Waals surface area (Å²) in [5, 5.41) is 0. The molecule has 0 bridgehead atoms. The molecule has 1 aromatic rings. The van der Waals surface area contributed by atoms with Crippen LogP contribution in [0.25, 0.3) is 0 Å². The number of esters is 1. The number of hydrogen-bond donors (Lipinski definition) is 0. The summed E-state index contributed by atoms with van der Waals surface area (Å²) in [6, 6.07) is 10.2. The molecule has 1 saturated heterocycles. The minimum absolute atomic E-state index is 0.00532. The van der Waals surface area contributed by atoms with Gasteiger partial charge in [0.15, 0.2) is 0 Å². The van der Waals surface area contributed by atoms with Gasteiger partial charge in [0, 0.05) is 0 Å². The summed E-state index contributed by atoms with van der Waals surface area (Å²) in [6.07, 6.45) is 2.51. The highest BCUT2D eigenvalue weighted by molar-refractivity contribution is 5.70. The Kier molecular flexibility index (Phi) is 4.97. The van der Waals surface area contributed by atoms with Crippen LogP contribution >= 0.6 is 0 Å². The summed E-state index contributed by atoms with van der Waals surface area (Å²) in [5.74, 6) is 0.286. The number of carbonyl (C=O) groups excluding carboxylic acids is 1. The van der Waals surface area contributed by atoms with Crippen LogP contribution in [0.4, 0.5) is 0 Å². The van der Waals surface area contributed by atoms with Crippen molar-refractivity contribution in [2.45, 2.75) is 45.3 Å². The largest absolute Gasteiger partial charge is 0.466 e. The van der Waals surface area contributed by atoms with Gasteiger partial charge in [0.2, 0.25) is 0 Å². The highest BCUT2D eigenvalue weighted by Gasteiger charge is 2.36. The van der Waals surface area contributed by atoms with Gasteiger partial charge in [-0.05, 0) is 24.8 Å². The van der Waals surface area contributed by atoms with Gasteiger partial charge in [0.25, 0.3) is 0 Å². The fourth-order valence-corrected chi connectivity index (χ4v) is 2.72. The van der Waals surface area contributed by atoms with E-state index in [1.54, 1.807) is 0 Å². The topological polar surface area (TPSA) is 35.5 Å². The van der Waals surface area contributed by atoms with E-state index < -0.39 is 0 Å². The minimum atomic E-state index is -0.153. The maximum atomic E-state index is 11.6. The molecule has 0 aliphatic carbocycles. The molecule has 1 aliphatic rings. The van der Waals surface area contributed by atoms with Crippen LogP contribution in [0.3, 0.4) is 0 Å². The maximum Gasteiger partial charge on any atom is 0.308 e. The zero-order valence-electron chi connectivity index (χ0n) is 11.7. The molecule has 0 radical (unpaired) electrons. The van der Waals surface area contributed by atoms with Crippen molar-refractivity contribution in [1.82, 2.24) is 0 Å². The zero-order valence-corrected chi connectivity index (χ0v) is 11.7. The molecule has 1 heterocycles. The minimum Gasteiger partial charge on any atom is -0.466 e. The van der Waals surface area contributed by atoms with E-state index in [2.05, 4.69) is 19.1 Å². The third kappa shape index (κ3) is 3.57. The molecule has 0 unspecified atom stereocenters. The van der Waals surface area contributed by atoms with Crippen LogP contribution in [0.5, 0.6) is 0 Å². The average molecular weight is 262 g/mol. The van der Waals surface area contributed by atoms with Gasteiger partial charge in [0.05, 0.1) is 25.2 Å². The van der Waals surface area contributed by atoms with Crippen molar-refractivity contribution < 1.29 is 14.3 Å². The highest BCUT2D eigenvalue weighted by Crippen LogP contribution is 2.39. The Labute approximate surface area is 114 Å². The Balaban J connectivity index is 1.99. The first-order chi connectivity index (χ1) is 9.24. The van der Waals surface area contributed by atoms with Crippen molar-refractivity contribution in [3.8, 4) is 0 Å². The van der Waals surface area contributed by atoms with E-state index in [0.717, 1.165) is 12.8 Å². The van der Waals surface area contributed by atoms with Crippen molar-refractivity contribution in [3.63, 3.8) is 0 Å². The Hall–Kier alpha value is -1.35. The molecule has 1 aromatic carbocycles. The molecule has 104 valence electrons. The van der Waals surface area contributed by atoms with Gasteiger partial charge < -0.3 is 9.47 Å². The number of rotatable bonds is 5. The molecule has 3 heteroatoms. The molecule has 0 N–H and O–H groups in total. The summed E-state index contributed by atoms with van der Waals surface area (Å²) in [7, 11) is 0. The molecular formula is C16H22O3. The third-order valence-corrected chi connectivity index (χ3v) is 3.75. The molecule has 1 aliphatic heterocycles. The molecule has 2 rings (SSSR count). The molecule has 3 atom stereocenters. The fourth-order valence-electron chi connectivity index (χ4n) is 2.72. The molecule has 3 nitrogen and oxygen atoms in total. The number of benzene rings is 1. The fraction of sp³-hybridized carbons (Fsp3) is 0.562. The first-order valence-corrected chi connectivity index (χ1v) is 7.10. The van der Waals surface area contributed by atoms with E-state index in [1.807, 2.05) is 25.1 Å². The predicted octanol–water partition coefficient (Wildman–Crippen LogP) is 3.50. The lowest BCUT2D eigenvalue weighted by Crippen LogP contribution is -2.21. The summed E-state index contributed by atoms with van der Waals surface area (Å²) in [4.78, 5) is 11.6. The molecule has 1 fully saturated rings. The Bertz CT molecular complexity index is 402. The van der Waals surface area contributed by atoms with Crippen LogP contribution in [0.1, 0.15) is 44.8 Å². The van der Waals surface area contributed by atoms with Gasteiger partial charge in [-0.25, -0.2) is 0 Å². The summed E-state index contributed by atoms with van der Waals surface area (Å²) >= 11 is 0. The van der Waals surface area contributed by atoms with Crippen molar-refractivity contribution >= 4 is 5.97 Å². The van der Waals surface area contributed by atoms with Crippen LogP contribution < -0.4 is 0 Å². The maximum absolute atomic E-state index is 11.6. The Morgan fingerprint density at radius 2 is 2.05 bits per heavy atom. The summed E-state index contributed by atoms with van der Waals surface area (Å²) in [5.41, 5.74) is 1.20. The first-order valence-electron chi connectivity index (χ1n) is 7.10. The van der Waals surface area contributed by atoms with Gasteiger partial charge in [-0.1, -0.05) is 43.7 Å². The Morgan fingerprint density at radius 1 is 1.32 bits per heavy atom. The second-order valence-electron chi connectivity index (χ2n) is 4.99. The molecule has 0 amide bonds. The van der Waals surface area contributed by atoms with E-state index in [1.165, 1.54) is 5.56 Å². The van der Waals surface area contributed by atoms with E-state index in [9.17, 15) is 4.79 Å². The van der Waals surface area contributed by atoms with Crippen LogP contribution in [0.15, 0.2) is 30.3 Å². The smallest absolute Gasteiger partial charge is 0.308 e. The van der Waals surface area contributed by atoms with Crippen molar-refractivity contribution in [2.75, 3.05) is 6.61 Å². The summed E-state index contributed by atoms with van der Waals surface area (Å²) in [6.45, 7) is 4.42. The van der Waals surface area contributed by atoms with E-state index >= 15 is 0 Å². The van der Waals surface area contributed by atoms with Crippen molar-refractivity contribution in [1.29, 1.82) is 0 Å². The van der Waals surface area contributed by atoms with Crippen LogP contribution in [-0.2, 0) is 14.3 Å².